The molecule has 7 rings (SSSR count). The third kappa shape index (κ3) is 4.43. The number of aromatic nitrogens is 5. The highest BCUT2D eigenvalue weighted by molar-refractivity contribution is 6.00. The minimum absolute atomic E-state index is 0.0323. The molecule has 218 valence electrons. The van der Waals surface area contributed by atoms with Crippen molar-refractivity contribution in [2.24, 2.45) is 18.7 Å². The minimum Gasteiger partial charge on any atom is -0.494 e. The van der Waals surface area contributed by atoms with Gasteiger partial charge >= 0.3 is 0 Å². The minimum atomic E-state index is -1.13. The fourth-order valence-corrected chi connectivity index (χ4v) is 6.29. The first kappa shape index (κ1) is 26.6. The van der Waals surface area contributed by atoms with Gasteiger partial charge in [0.1, 0.15) is 28.8 Å². The predicted molar refractivity (Wildman–Crippen MR) is 157 cm³/mol. The molecule has 10 nitrogen and oxygen atoms in total. The highest BCUT2D eigenvalue weighted by Gasteiger charge is 2.31. The van der Waals surface area contributed by atoms with E-state index in [0.717, 1.165) is 57.3 Å². The number of ether oxygens (including phenoxy) is 1. The van der Waals surface area contributed by atoms with Crippen molar-refractivity contribution in [3.8, 4) is 28.5 Å². The number of methoxy groups -OCH3 is 1. The van der Waals surface area contributed by atoms with Crippen LogP contribution in [-0.4, -0.2) is 67.5 Å². The van der Waals surface area contributed by atoms with Crippen LogP contribution in [0, 0.1) is 19.8 Å². The molecule has 4 aromatic heterocycles. The number of benzene rings is 1. The first-order valence-electron chi connectivity index (χ1n) is 14.4. The zero-order valence-corrected chi connectivity index (χ0v) is 24.2. The van der Waals surface area contributed by atoms with Crippen LogP contribution in [0.4, 0.5) is 4.39 Å². The molecule has 1 aliphatic heterocycles. The van der Waals surface area contributed by atoms with E-state index in [1.807, 2.05) is 31.5 Å². The summed E-state index contributed by atoms with van der Waals surface area (Å²) in [5, 5.41) is 5.13. The number of hydrogen-bond donors (Lipinski definition) is 1. The third-order valence-corrected chi connectivity index (χ3v) is 8.52. The van der Waals surface area contributed by atoms with E-state index in [-0.39, 0.29) is 24.9 Å². The van der Waals surface area contributed by atoms with Crippen molar-refractivity contribution in [2.45, 2.75) is 51.9 Å². The molecule has 2 fully saturated rings. The molecule has 1 aliphatic carbocycles. The van der Waals surface area contributed by atoms with Gasteiger partial charge in [-0.2, -0.15) is 0 Å². The topological polar surface area (TPSA) is 117 Å². The number of fused-ring (bicyclic) bond motifs is 2. The van der Waals surface area contributed by atoms with Crippen molar-refractivity contribution in [1.29, 1.82) is 0 Å². The Kier molecular flexibility index (Phi) is 6.30. The molecule has 11 heteroatoms. The summed E-state index contributed by atoms with van der Waals surface area (Å²) in [7, 11) is 3.53. The number of hydrogen-bond acceptors (Lipinski definition) is 7. The standard InChI is InChI=1S/C31H34FN7O3/c1-16-27(17(2)42-36-16)23-8-7-19-10-25(39(29(19)34-23)13-18-5-6-18)30-35-24-9-20(11-26(41-4)28(24)37(30)3)31(40)38-14-21(32)12-22(33)15-38/h7-11,18,21-22H,5-6,12-15,33H2,1-4H3/t21-,22-/m1/s1. The highest BCUT2D eigenvalue weighted by atomic mass is 19.1. The molecule has 0 unspecified atom stereocenters. The lowest BCUT2D eigenvalue weighted by Crippen LogP contribution is -2.50. The molecular formula is C31H34FN7O3. The quantitative estimate of drug-likeness (QED) is 0.311. The number of rotatable bonds is 6. The predicted octanol–water partition coefficient (Wildman–Crippen LogP) is 4.79. The molecule has 2 N–H and O–H groups in total. The van der Waals surface area contributed by atoms with Crippen LogP contribution in [-0.2, 0) is 13.6 Å². The zero-order valence-electron chi connectivity index (χ0n) is 24.2. The molecule has 1 saturated heterocycles. The van der Waals surface area contributed by atoms with Crippen molar-refractivity contribution in [1.82, 2.24) is 29.2 Å². The average Bonchev–Trinajstić information content (AvgIpc) is 3.52. The maximum absolute atomic E-state index is 14.2. The number of likely N-dealkylation sites (tertiary alicyclic amines) is 1. The van der Waals surface area contributed by atoms with Crippen LogP contribution in [0.15, 0.2) is 34.9 Å². The van der Waals surface area contributed by atoms with Gasteiger partial charge in [-0.25, -0.2) is 14.4 Å². The first-order valence-corrected chi connectivity index (χ1v) is 14.4. The second kappa shape index (κ2) is 9.94. The summed E-state index contributed by atoms with van der Waals surface area (Å²) >= 11 is 0. The summed E-state index contributed by atoms with van der Waals surface area (Å²) in [5.74, 6) is 2.32. The molecule has 0 spiro atoms. The van der Waals surface area contributed by atoms with Crippen LogP contribution < -0.4 is 10.5 Å². The summed E-state index contributed by atoms with van der Waals surface area (Å²) in [4.78, 5) is 25.0. The van der Waals surface area contributed by atoms with Gasteiger partial charge in [0, 0.05) is 37.1 Å². The van der Waals surface area contributed by atoms with Gasteiger partial charge in [-0.1, -0.05) is 5.16 Å². The monoisotopic (exact) mass is 571 g/mol. The number of alkyl halides is 1. The second-order valence-electron chi connectivity index (χ2n) is 11.7. The second-order valence-corrected chi connectivity index (χ2v) is 11.7. The fourth-order valence-electron chi connectivity index (χ4n) is 6.29. The van der Waals surface area contributed by atoms with E-state index in [0.29, 0.717) is 29.3 Å². The molecule has 0 radical (unpaired) electrons. The van der Waals surface area contributed by atoms with Gasteiger partial charge in [0.25, 0.3) is 5.91 Å². The molecule has 2 aliphatic rings. The lowest BCUT2D eigenvalue weighted by atomic mass is 10.0. The number of piperidine rings is 1. The molecule has 5 aromatic rings. The largest absolute Gasteiger partial charge is 0.494 e. The van der Waals surface area contributed by atoms with Gasteiger partial charge in [-0.3, -0.25) is 4.79 Å². The van der Waals surface area contributed by atoms with Gasteiger partial charge in [0.15, 0.2) is 5.82 Å². The van der Waals surface area contributed by atoms with Crippen molar-refractivity contribution in [2.75, 3.05) is 20.2 Å². The zero-order chi connectivity index (χ0) is 29.3. The van der Waals surface area contributed by atoms with Crippen molar-refractivity contribution >= 4 is 28.0 Å². The lowest BCUT2D eigenvalue weighted by Gasteiger charge is -2.33. The Balaban J connectivity index is 1.35. The van der Waals surface area contributed by atoms with E-state index >= 15 is 0 Å². The number of aryl methyl sites for hydroxylation is 3. The van der Waals surface area contributed by atoms with Gasteiger partial charge < -0.3 is 29.0 Å². The maximum Gasteiger partial charge on any atom is 0.254 e. The van der Waals surface area contributed by atoms with Crippen LogP contribution in [0.2, 0.25) is 0 Å². The number of pyridine rings is 1. The number of halogens is 1. The molecule has 2 atom stereocenters. The Labute approximate surface area is 242 Å². The van der Waals surface area contributed by atoms with E-state index < -0.39 is 6.17 Å². The Hall–Kier alpha value is -4.25. The Morgan fingerprint density at radius 2 is 1.98 bits per heavy atom. The Morgan fingerprint density at radius 3 is 2.67 bits per heavy atom. The van der Waals surface area contributed by atoms with Crippen LogP contribution in [0.3, 0.4) is 0 Å². The highest BCUT2D eigenvalue weighted by Crippen LogP contribution is 2.38. The van der Waals surface area contributed by atoms with Crippen LogP contribution in [0.25, 0.3) is 44.8 Å². The number of nitrogens with two attached hydrogens (primary N) is 1. The van der Waals surface area contributed by atoms with Gasteiger partial charge in [-0.15, -0.1) is 0 Å². The van der Waals surface area contributed by atoms with Crippen LogP contribution in [0.1, 0.15) is 41.1 Å². The SMILES string of the molecule is COc1cc(C(=O)N2C[C@H](N)C[C@@H](F)C2)cc2nc(-c3cc4ccc(-c5c(C)noc5C)nc4n3CC3CC3)n(C)c12. The summed E-state index contributed by atoms with van der Waals surface area (Å²) < 4.78 is 29.7. The summed E-state index contributed by atoms with van der Waals surface area (Å²) in [6, 6.07) is 9.30. The van der Waals surface area contributed by atoms with Gasteiger partial charge in [0.2, 0.25) is 0 Å². The molecule has 42 heavy (non-hydrogen) atoms. The maximum atomic E-state index is 14.2. The van der Waals surface area contributed by atoms with Crippen molar-refractivity contribution in [3.05, 3.63) is 47.3 Å². The lowest BCUT2D eigenvalue weighted by molar-refractivity contribution is 0.0606. The third-order valence-electron chi connectivity index (χ3n) is 8.52. The number of imidazole rings is 1. The van der Waals surface area contributed by atoms with E-state index in [1.165, 1.54) is 17.7 Å². The molecular weight excluding hydrogens is 537 g/mol. The summed E-state index contributed by atoms with van der Waals surface area (Å²) in [6.07, 6.45) is 1.50. The summed E-state index contributed by atoms with van der Waals surface area (Å²) in [6.45, 7) is 5.01. The fraction of sp³-hybridized carbons (Fsp3) is 0.419. The number of carbonyl (C=O) groups is 1. The van der Waals surface area contributed by atoms with E-state index in [4.69, 9.17) is 25.0 Å². The molecule has 1 aromatic carbocycles. The molecule has 0 bridgehead atoms. The number of amides is 1. The van der Waals surface area contributed by atoms with Crippen molar-refractivity contribution in [3.63, 3.8) is 0 Å². The van der Waals surface area contributed by atoms with Gasteiger partial charge in [-0.05, 0) is 69.4 Å². The van der Waals surface area contributed by atoms with E-state index in [2.05, 4.69) is 21.9 Å². The molecule has 1 amide bonds. The number of nitrogens with zero attached hydrogens (tertiary/aromatic N) is 6. The van der Waals surface area contributed by atoms with Crippen LogP contribution >= 0.6 is 0 Å². The van der Waals surface area contributed by atoms with Crippen LogP contribution in [0.5, 0.6) is 5.75 Å². The van der Waals surface area contributed by atoms with E-state index in [9.17, 15) is 9.18 Å². The average molecular weight is 572 g/mol. The number of carbonyl (C=O) groups excluding carboxylic acids is 1. The Bertz CT molecular complexity index is 1820. The van der Waals surface area contributed by atoms with Gasteiger partial charge in [0.05, 0.1) is 41.8 Å². The molecule has 5 heterocycles. The van der Waals surface area contributed by atoms with E-state index in [1.54, 1.807) is 19.2 Å². The molecule has 1 saturated carbocycles. The van der Waals surface area contributed by atoms with Crippen molar-refractivity contribution < 1.29 is 18.4 Å². The summed E-state index contributed by atoms with van der Waals surface area (Å²) in [5.41, 5.74) is 12.2. The normalized spacial score (nSPS) is 19.2. The Morgan fingerprint density at radius 1 is 1.17 bits per heavy atom. The first-order chi connectivity index (χ1) is 20.2. The smallest absolute Gasteiger partial charge is 0.254 e.